The third kappa shape index (κ3) is 2.95. The fraction of sp³-hybridized carbons (Fsp3) is 0.818. The monoisotopic (exact) mass is 228 g/mol. The van der Waals surface area contributed by atoms with Crippen LogP contribution in [-0.2, 0) is 9.59 Å². The van der Waals surface area contributed by atoms with Crippen molar-refractivity contribution in [3.63, 3.8) is 0 Å². The second-order valence-electron chi connectivity index (χ2n) is 4.66. The number of piperidine rings is 1. The lowest BCUT2D eigenvalue weighted by Crippen LogP contribution is -2.52. The van der Waals surface area contributed by atoms with Gasteiger partial charge in [0, 0.05) is 14.1 Å². The van der Waals surface area contributed by atoms with Crippen molar-refractivity contribution in [2.75, 3.05) is 27.2 Å². The molecule has 92 valence electrons. The van der Waals surface area contributed by atoms with E-state index >= 15 is 0 Å². The van der Waals surface area contributed by atoms with E-state index in [0.717, 1.165) is 12.8 Å². The summed E-state index contributed by atoms with van der Waals surface area (Å²) in [6.45, 7) is 2.83. The molecule has 1 aliphatic heterocycles. The predicted molar refractivity (Wildman–Crippen MR) is 60.1 cm³/mol. The van der Waals surface area contributed by atoms with Crippen molar-refractivity contribution >= 4 is 11.9 Å². The summed E-state index contributed by atoms with van der Waals surface area (Å²) in [7, 11) is 3.37. The van der Waals surface area contributed by atoms with Crippen LogP contribution in [0.1, 0.15) is 19.8 Å². The predicted octanol–water partition coefficient (Wildman–Crippen LogP) is 0.260. The number of carboxylic acids is 1. The minimum Gasteiger partial charge on any atom is -0.480 e. The van der Waals surface area contributed by atoms with Gasteiger partial charge in [0.1, 0.15) is 6.04 Å². The van der Waals surface area contributed by atoms with Crippen LogP contribution in [0.3, 0.4) is 0 Å². The molecule has 0 aromatic carbocycles. The summed E-state index contributed by atoms with van der Waals surface area (Å²) < 4.78 is 0. The number of likely N-dealkylation sites (N-methyl/N-ethyl adjacent to an activating group) is 1. The van der Waals surface area contributed by atoms with Crippen LogP contribution in [0.4, 0.5) is 0 Å². The number of rotatable bonds is 3. The van der Waals surface area contributed by atoms with Crippen LogP contribution in [0.25, 0.3) is 0 Å². The van der Waals surface area contributed by atoms with E-state index in [-0.39, 0.29) is 18.4 Å². The van der Waals surface area contributed by atoms with Gasteiger partial charge in [-0.1, -0.05) is 6.92 Å². The van der Waals surface area contributed by atoms with E-state index in [2.05, 4.69) is 0 Å². The van der Waals surface area contributed by atoms with Gasteiger partial charge in [-0.15, -0.1) is 0 Å². The van der Waals surface area contributed by atoms with E-state index in [1.165, 1.54) is 4.90 Å². The summed E-state index contributed by atoms with van der Waals surface area (Å²) in [4.78, 5) is 26.0. The lowest BCUT2D eigenvalue weighted by Gasteiger charge is -2.37. The molecule has 0 bridgehead atoms. The lowest BCUT2D eigenvalue weighted by molar-refractivity contribution is -0.148. The second kappa shape index (κ2) is 5.30. The molecular weight excluding hydrogens is 208 g/mol. The molecule has 16 heavy (non-hydrogen) atoms. The van der Waals surface area contributed by atoms with Gasteiger partial charge in [-0.3, -0.25) is 14.5 Å². The highest BCUT2D eigenvalue weighted by atomic mass is 16.4. The van der Waals surface area contributed by atoms with Gasteiger partial charge in [0.25, 0.3) is 0 Å². The average molecular weight is 228 g/mol. The normalized spacial score (nSPS) is 26.4. The molecule has 5 heteroatoms. The van der Waals surface area contributed by atoms with Gasteiger partial charge < -0.3 is 10.0 Å². The average Bonchev–Trinajstić information content (AvgIpc) is 2.16. The van der Waals surface area contributed by atoms with Crippen molar-refractivity contribution in [3.05, 3.63) is 0 Å². The standard InChI is InChI=1S/C11H20N2O3/c1-8-5-4-6-13(10(8)11(15)16)7-9(14)12(2)3/h8,10H,4-7H2,1-3H3,(H,15,16). The second-order valence-corrected chi connectivity index (χ2v) is 4.66. The number of carboxylic acid groups (broad SMARTS) is 1. The molecule has 2 atom stereocenters. The molecule has 5 nitrogen and oxygen atoms in total. The van der Waals surface area contributed by atoms with Gasteiger partial charge in [0.05, 0.1) is 6.54 Å². The smallest absolute Gasteiger partial charge is 0.321 e. The fourth-order valence-corrected chi connectivity index (χ4v) is 2.17. The van der Waals surface area contributed by atoms with Gasteiger partial charge in [-0.2, -0.15) is 0 Å². The van der Waals surface area contributed by atoms with Gasteiger partial charge in [-0.05, 0) is 25.3 Å². The summed E-state index contributed by atoms with van der Waals surface area (Å²) in [6.07, 6.45) is 1.88. The van der Waals surface area contributed by atoms with Crippen LogP contribution >= 0.6 is 0 Å². The van der Waals surface area contributed by atoms with Crippen LogP contribution in [0.15, 0.2) is 0 Å². The molecule has 1 N–H and O–H groups in total. The molecule has 1 saturated heterocycles. The van der Waals surface area contributed by atoms with E-state index in [4.69, 9.17) is 5.11 Å². The maximum atomic E-state index is 11.6. The Labute approximate surface area is 96.0 Å². The quantitative estimate of drug-likeness (QED) is 0.752. The van der Waals surface area contributed by atoms with E-state index in [0.29, 0.717) is 6.54 Å². The summed E-state index contributed by atoms with van der Waals surface area (Å²) in [5.74, 6) is -0.750. The third-order valence-electron chi connectivity index (χ3n) is 3.13. The van der Waals surface area contributed by atoms with E-state index in [1.807, 2.05) is 6.92 Å². The Morgan fingerprint density at radius 2 is 2.06 bits per heavy atom. The van der Waals surface area contributed by atoms with Crippen molar-refractivity contribution in [2.24, 2.45) is 5.92 Å². The Bertz CT molecular complexity index is 278. The number of carbonyl (C=O) groups is 2. The molecule has 1 fully saturated rings. The Morgan fingerprint density at radius 3 is 2.56 bits per heavy atom. The highest BCUT2D eigenvalue weighted by Crippen LogP contribution is 2.23. The van der Waals surface area contributed by atoms with Gasteiger partial charge >= 0.3 is 5.97 Å². The molecule has 1 aliphatic rings. The molecule has 0 radical (unpaired) electrons. The lowest BCUT2D eigenvalue weighted by atomic mass is 9.91. The number of carbonyl (C=O) groups excluding carboxylic acids is 1. The number of hydrogen-bond donors (Lipinski definition) is 1. The maximum absolute atomic E-state index is 11.6. The summed E-state index contributed by atoms with van der Waals surface area (Å²) in [6, 6.07) is -0.516. The first-order chi connectivity index (χ1) is 7.43. The van der Waals surface area contributed by atoms with Crippen LogP contribution in [0.5, 0.6) is 0 Å². The van der Waals surface area contributed by atoms with Crippen molar-refractivity contribution < 1.29 is 14.7 Å². The molecular formula is C11H20N2O3. The zero-order valence-electron chi connectivity index (χ0n) is 10.1. The Morgan fingerprint density at radius 1 is 1.44 bits per heavy atom. The first-order valence-corrected chi connectivity index (χ1v) is 5.60. The molecule has 0 aliphatic carbocycles. The van der Waals surface area contributed by atoms with Crippen LogP contribution in [0, 0.1) is 5.92 Å². The molecule has 1 heterocycles. The molecule has 1 rings (SSSR count). The van der Waals surface area contributed by atoms with Gasteiger partial charge in [0.15, 0.2) is 0 Å². The zero-order valence-corrected chi connectivity index (χ0v) is 10.1. The minimum absolute atomic E-state index is 0.0413. The Kier molecular flexibility index (Phi) is 4.29. The molecule has 0 aromatic rings. The van der Waals surface area contributed by atoms with E-state index in [9.17, 15) is 9.59 Å². The third-order valence-corrected chi connectivity index (χ3v) is 3.13. The fourth-order valence-electron chi connectivity index (χ4n) is 2.17. The number of amides is 1. The van der Waals surface area contributed by atoms with Crippen LogP contribution in [-0.4, -0.2) is 60.0 Å². The van der Waals surface area contributed by atoms with Gasteiger partial charge in [-0.25, -0.2) is 0 Å². The molecule has 2 unspecified atom stereocenters. The summed E-state index contributed by atoms with van der Waals surface area (Å²) >= 11 is 0. The van der Waals surface area contributed by atoms with Crippen LogP contribution in [0.2, 0.25) is 0 Å². The molecule has 0 aromatic heterocycles. The Balaban J connectivity index is 2.68. The highest BCUT2D eigenvalue weighted by molar-refractivity contribution is 5.79. The maximum Gasteiger partial charge on any atom is 0.321 e. The van der Waals surface area contributed by atoms with Crippen molar-refractivity contribution in [1.29, 1.82) is 0 Å². The number of nitrogens with zero attached hydrogens (tertiary/aromatic N) is 2. The van der Waals surface area contributed by atoms with Crippen LogP contribution < -0.4 is 0 Å². The van der Waals surface area contributed by atoms with E-state index < -0.39 is 12.0 Å². The SMILES string of the molecule is CC1CCCN(CC(=O)N(C)C)C1C(=O)O. The highest BCUT2D eigenvalue weighted by Gasteiger charge is 2.35. The number of likely N-dealkylation sites (tertiary alicyclic amines) is 1. The first kappa shape index (κ1) is 13.0. The molecule has 0 spiro atoms. The van der Waals surface area contributed by atoms with Gasteiger partial charge in [0.2, 0.25) is 5.91 Å². The molecule has 0 saturated carbocycles. The number of aliphatic carboxylic acids is 1. The number of hydrogen-bond acceptors (Lipinski definition) is 3. The first-order valence-electron chi connectivity index (χ1n) is 5.60. The largest absolute Gasteiger partial charge is 0.480 e. The van der Waals surface area contributed by atoms with Crippen molar-refractivity contribution in [3.8, 4) is 0 Å². The topological polar surface area (TPSA) is 60.9 Å². The van der Waals surface area contributed by atoms with E-state index in [1.54, 1.807) is 19.0 Å². The zero-order chi connectivity index (χ0) is 12.3. The van der Waals surface area contributed by atoms with Crippen molar-refractivity contribution in [1.82, 2.24) is 9.80 Å². The molecule has 1 amide bonds. The Hall–Kier alpha value is -1.10. The van der Waals surface area contributed by atoms with Crippen molar-refractivity contribution in [2.45, 2.75) is 25.8 Å². The minimum atomic E-state index is -0.821. The summed E-state index contributed by atoms with van der Waals surface area (Å²) in [5.41, 5.74) is 0. The summed E-state index contributed by atoms with van der Waals surface area (Å²) in [5, 5.41) is 9.16.